The fraction of sp³-hybridized carbons (Fsp3) is 0.364. The van der Waals surface area contributed by atoms with Crippen molar-refractivity contribution in [2.24, 2.45) is 5.92 Å². The van der Waals surface area contributed by atoms with Crippen LogP contribution in [0, 0.1) is 5.92 Å². The van der Waals surface area contributed by atoms with E-state index >= 15 is 0 Å². The summed E-state index contributed by atoms with van der Waals surface area (Å²) in [6.45, 7) is 2.48. The molecule has 0 radical (unpaired) electrons. The van der Waals surface area contributed by atoms with Crippen LogP contribution in [0.4, 0.5) is 0 Å². The van der Waals surface area contributed by atoms with Gasteiger partial charge in [0.05, 0.1) is 12.2 Å². The Bertz CT molecular complexity index is 285. The van der Waals surface area contributed by atoms with Crippen LogP contribution in [0.15, 0.2) is 30.3 Å². The minimum Gasteiger partial charge on any atom is -0.462 e. The van der Waals surface area contributed by atoms with Crippen LogP contribution in [-0.4, -0.2) is 17.9 Å². The highest BCUT2D eigenvalue weighted by Crippen LogP contribution is 2.05. The van der Waals surface area contributed by atoms with E-state index in [1.54, 1.807) is 12.1 Å². The van der Waals surface area contributed by atoms with Gasteiger partial charge in [-0.15, -0.1) is 0 Å². The molecule has 3 heteroatoms. The minimum atomic E-state index is -0.251. The molecule has 76 valence electrons. The number of benzene rings is 1. The molecule has 0 unspecified atom stereocenters. The molecule has 0 saturated heterocycles. The molecular weight excluding hydrogens is 244 g/mol. The molecule has 0 bridgehead atoms. The lowest BCUT2D eigenvalue weighted by molar-refractivity contribution is 0.0462. The molecule has 0 aromatic heterocycles. The number of halogens is 1. The van der Waals surface area contributed by atoms with E-state index in [1.165, 1.54) is 0 Å². The molecule has 1 atom stereocenters. The maximum Gasteiger partial charge on any atom is 0.338 e. The molecule has 1 aromatic carbocycles. The first-order chi connectivity index (χ1) is 6.74. The van der Waals surface area contributed by atoms with Crippen molar-refractivity contribution < 1.29 is 9.53 Å². The molecule has 0 amide bonds. The van der Waals surface area contributed by atoms with Gasteiger partial charge >= 0.3 is 5.97 Å². The second-order valence-corrected chi connectivity index (χ2v) is 3.87. The van der Waals surface area contributed by atoms with Crippen molar-refractivity contribution in [3.05, 3.63) is 35.9 Å². The summed E-state index contributed by atoms with van der Waals surface area (Å²) in [5, 5.41) is 0.842. The van der Waals surface area contributed by atoms with Gasteiger partial charge in [-0.3, -0.25) is 0 Å². The zero-order chi connectivity index (χ0) is 10.4. The Labute approximate surface area is 92.4 Å². The quantitative estimate of drug-likeness (QED) is 0.612. The highest BCUT2D eigenvalue weighted by atomic mass is 79.9. The number of alkyl halides is 1. The Morgan fingerprint density at radius 1 is 1.43 bits per heavy atom. The number of ether oxygens (including phenoxy) is 1. The van der Waals surface area contributed by atoms with Gasteiger partial charge in [0.2, 0.25) is 0 Å². The second kappa shape index (κ2) is 5.81. The molecule has 0 spiro atoms. The summed E-state index contributed by atoms with van der Waals surface area (Å²) < 4.78 is 5.11. The molecule has 0 saturated carbocycles. The maximum absolute atomic E-state index is 11.4. The molecule has 1 rings (SSSR count). The number of hydrogen-bond acceptors (Lipinski definition) is 2. The van der Waals surface area contributed by atoms with E-state index in [9.17, 15) is 4.79 Å². The van der Waals surface area contributed by atoms with E-state index in [2.05, 4.69) is 15.9 Å². The molecule has 14 heavy (non-hydrogen) atoms. The lowest BCUT2D eigenvalue weighted by Gasteiger charge is -2.08. The van der Waals surface area contributed by atoms with Crippen LogP contribution in [0.5, 0.6) is 0 Å². The summed E-state index contributed by atoms with van der Waals surface area (Å²) in [5.74, 6) is 0.0982. The van der Waals surface area contributed by atoms with E-state index in [0.717, 1.165) is 5.33 Å². The van der Waals surface area contributed by atoms with Crippen LogP contribution in [0.25, 0.3) is 0 Å². The third kappa shape index (κ3) is 3.50. The Morgan fingerprint density at radius 3 is 2.64 bits per heavy atom. The highest BCUT2D eigenvalue weighted by Gasteiger charge is 2.07. The molecule has 0 heterocycles. The number of rotatable bonds is 4. The Hall–Kier alpha value is -0.830. The van der Waals surface area contributed by atoms with Crippen LogP contribution < -0.4 is 0 Å². The van der Waals surface area contributed by atoms with E-state index in [4.69, 9.17) is 4.74 Å². The molecule has 0 aliphatic rings. The van der Waals surface area contributed by atoms with Crippen molar-refractivity contribution in [3.8, 4) is 0 Å². The monoisotopic (exact) mass is 256 g/mol. The van der Waals surface area contributed by atoms with E-state index in [0.29, 0.717) is 18.1 Å². The summed E-state index contributed by atoms with van der Waals surface area (Å²) in [7, 11) is 0. The predicted octanol–water partition coefficient (Wildman–Crippen LogP) is 2.87. The molecular formula is C11H13BrO2. The summed E-state index contributed by atoms with van der Waals surface area (Å²) in [6.07, 6.45) is 0. The molecule has 0 N–H and O–H groups in total. The van der Waals surface area contributed by atoms with Gasteiger partial charge in [-0.05, 0) is 18.1 Å². The van der Waals surface area contributed by atoms with Gasteiger partial charge in [0.25, 0.3) is 0 Å². The maximum atomic E-state index is 11.4. The zero-order valence-corrected chi connectivity index (χ0v) is 9.66. The van der Waals surface area contributed by atoms with Gasteiger partial charge in [-0.2, -0.15) is 0 Å². The van der Waals surface area contributed by atoms with Crippen molar-refractivity contribution in [1.29, 1.82) is 0 Å². The van der Waals surface area contributed by atoms with Crippen LogP contribution >= 0.6 is 15.9 Å². The summed E-state index contributed by atoms with van der Waals surface area (Å²) in [4.78, 5) is 11.4. The molecule has 0 aliphatic carbocycles. The first kappa shape index (κ1) is 11.2. The summed E-state index contributed by atoms with van der Waals surface area (Å²) >= 11 is 3.33. The predicted molar refractivity (Wildman–Crippen MR) is 59.7 cm³/mol. The molecule has 0 fully saturated rings. The molecule has 1 aromatic rings. The fourth-order valence-electron chi connectivity index (χ4n) is 0.920. The fourth-order valence-corrected chi connectivity index (χ4v) is 1.11. The van der Waals surface area contributed by atoms with E-state index in [-0.39, 0.29) is 5.97 Å². The Kier molecular flexibility index (Phi) is 4.66. The third-order valence-corrected chi connectivity index (χ3v) is 2.88. The first-order valence-corrected chi connectivity index (χ1v) is 5.64. The average Bonchev–Trinajstić information content (AvgIpc) is 2.26. The van der Waals surface area contributed by atoms with Crippen molar-refractivity contribution in [2.75, 3.05) is 11.9 Å². The first-order valence-electron chi connectivity index (χ1n) is 4.52. The zero-order valence-electron chi connectivity index (χ0n) is 8.07. The topological polar surface area (TPSA) is 26.3 Å². The van der Waals surface area contributed by atoms with Crippen molar-refractivity contribution >= 4 is 21.9 Å². The average molecular weight is 257 g/mol. The van der Waals surface area contributed by atoms with Crippen LogP contribution in [0.2, 0.25) is 0 Å². The van der Waals surface area contributed by atoms with Crippen molar-refractivity contribution in [1.82, 2.24) is 0 Å². The lowest BCUT2D eigenvalue weighted by atomic mass is 10.2. The lowest BCUT2D eigenvalue weighted by Crippen LogP contribution is -2.12. The Balaban J connectivity index is 2.44. The third-order valence-electron chi connectivity index (χ3n) is 1.77. The normalized spacial score (nSPS) is 12.1. The largest absolute Gasteiger partial charge is 0.462 e. The van der Waals surface area contributed by atoms with Gasteiger partial charge in [0, 0.05) is 5.33 Å². The minimum absolute atomic E-state index is 0.251. The second-order valence-electron chi connectivity index (χ2n) is 3.22. The van der Waals surface area contributed by atoms with Gasteiger partial charge in [-0.1, -0.05) is 41.1 Å². The standard InChI is InChI=1S/C11H13BrO2/c1-9(7-12)8-14-11(13)10-5-3-2-4-6-10/h2-6,9H,7-8H2,1H3/t9-/m0/s1. The van der Waals surface area contributed by atoms with Crippen molar-refractivity contribution in [2.45, 2.75) is 6.92 Å². The number of carbonyl (C=O) groups is 1. The number of hydrogen-bond donors (Lipinski definition) is 0. The summed E-state index contributed by atoms with van der Waals surface area (Å²) in [5.41, 5.74) is 0.606. The van der Waals surface area contributed by atoms with E-state index < -0.39 is 0 Å². The van der Waals surface area contributed by atoms with Crippen LogP contribution in [0.1, 0.15) is 17.3 Å². The van der Waals surface area contributed by atoms with E-state index in [1.807, 2.05) is 25.1 Å². The van der Waals surface area contributed by atoms with Gasteiger partial charge in [-0.25, -0.2) is 4.79 Å². The van der Waals surface area contributed by atoms with Gasteiger partial charge < -0.3 is 4.74 Å². The number of carbonyl (C=O) groups excluding carboxylic acids is 1. The Morgan fingerprint density at radius 2 is 2.07 bits per heavy atom. The van der Waals surface area contributed by atoms with Crippen molar-refractivity contribution in [3.63, 3.8) is 0 Å². The smallest absolute Gasteiger partial charge is 0.338 e. The van der Waals surface area contributed by atoms with Crippen LogP contribution in [0.3, 0.4) is 0 Å². The SMILES string of the molecule is C[C@@H](CBr)COC(=O)c1ccccc1. The number of esters is 1. The summed E-state index contributed by atoms with van der Waals surface area (Å²) in [6, 6.07) is 9.02. The highest BCUT2D eigenvalue weighted by molar-refractivity contribution is 9.09. The van der Waals surface area contributed by atoms with Gasteiger partial charge in [0.1, 0.15) is 0 Å². The van der Waals surface area contributed by atoms with Gasteiger partial charge in [0.15, 0.2) is 0 Å². The molecule has 0 aliphatic heterocycles. The van der Waals surface area contributed by atoms with Crippen LogP contribution in [-0.2, 0) is 4.74 Å². The molecule has 2 nitrogen and oxygen atoms in total.